The van der Waals surface area contributed by atoms with Gasteiger partial charge in [-0.25, -0.2) is 4.98 Å². The van der Waals surface area contributed by atoms with Crippen molar-refractivity contribution in [2.24, 2.45) is 0 Å². The number of benzene rings is 1. The zero-order valence-corrected chi connectivity index (χ0v) is 11.4. The number of hydrogen-bond donors (Lipinski definition) is 1. The van der Waals surface area contributed by atoms with Crippen LogP contribution in [0, 0.1) is 0 Å². The molecule has 2 nitrogen and oxygen atoms in total. The summed E-state index contributed by atoms with van der Waals surface area (Å²) in [4.78, 5) is 4.54. The third-order valence-electron chi connectivity index (χ3n) is 2.17. The first-order chi connectivity index (χ1) is 7.79. The van der Waals surface area contributed by atoms with Crippen molar-refractivity contribution >= 4 is 32.4 Å². The van der Waals surface area contributed by atoms with Gasteiger partial charge in [-0.2, -0.15) is 0 Å². The summed E-state index contributed by atoms with van der Waals surface area (Å²) in [6.45, 7) is 3.13. The van der Waals surface area contributed by atoms with Gasteiger partial charge in [-0.1, -0.05) is 35.0 Å². The van der Waals surface area contributed by atoms with E-state index in [1.54, 1.807) is 11.3 Å². The molecule has 16 heavy (non-hydrogen) atoms. The summed E-state index contributed by atoms with van der Waals surface area (Å²) >= 11 is 5.08. The van der Waals surface area contributed by atoms with Crippen LogP contribution in [0.4, 0.5) is 5.13 Å². The molecule has 1 aromatic heterocycles. The van der Waals surface area contributed by atoms with Crippen LogP contribution in [0.3, 0.4) is 0 Å². The second kappa shape index (κ2) is 5.46. The number of nitrogens with zero attached hydrogens (tertiary/aromatic N) is 1. The number of halogens is 1. The van der Waals surface area contributed by atoms with E-state index in [1.807, 2.05) is 12.1 Å². The van der Waals surface area contributed by atoms with Crippen LogP contribution in [0.5, 0.6) is 0 Å². The smallest absolute Gasteiger partial charge is 0.183 e. The van der Waals surface area contributed by atoms with E-state index in [1.165, 1.54) is 0 Å². The fraction of sp³-hybridized carbons (Fsp3) is 0.250. The highest BCUT2D eigenvalue weighted by Gasteiger charge is 2.03. The predicted molar refractivity (Wildman–Crippen MR) is 74.0 cm³/mol. The number of rotatable bonds is 4. The second-order valence-corrected chi connectivity index (χ2v) is 5.25. The van der Waals surface area contributed by atoms with Crippen molar-refractivity contribution in [3.63, 3.8) is 0 Å². The minimum Gasteiger partial charge on any atom is -0.362 e. The van der Waals surface area contributed by atoms with Crippen molar-refractivity contribution in [2.75, 3.05) is 11.9 Å². The number of nitrogens with one attached hydrogen (secondary N) is 1. The highest BCUT2D eigenvalue weighted by atomic mass is 79.9. The molecule has 1 N–H and O–H groups in total. The van der Waals surface area contributed by atoms with E-state index >= 15 is 0 Å². The molecular weight excluding hydrogens is 284 g/mol. The van der Waals surface area contributed by atoms with E-state index < -0.39 is 0 Å². The van der Waals surface area contributed by atoms with Crippen LogP contribution < -0.4 is 5.32 Å². The number of aromatic nitrogens is 1. The van der Waals surface area contributed by atoms with E-state index in [4.69, 9.17) is 0 Å². The molecular formula is C12H13BrN2S. The third-order valence-corrected chi connectivity index (χ3v) is 3.50. The summed E-state index contributed by atoms with van der Waals surface area (Å²) in [7, 11) is 0. The topological polar surface area (TPSA) is 24.9 Å². The first-order valence-electron chi connectivity index (χ1n) is 5.25. The quantitative estimate of drug-likeness (QED) is 0.905. The van der Waals surface area contributed by atoms with Gasteiger partial charge >= 0.3 is 0 Å². The predicted octanol–water partition coefficient (Wildman–Crippen LogP) is 4.39. The summed E-state index contributed by atoms with van der Waals surface area (Å²) in [6, 6.07) is 8.22. The van der Waals surface area contributed by atoms with Gasteiger partial charge in [0, 0.05) is 22.0 Å². The summed E-state index contributed by atoms with van der Waals surface area (Å²) in [5.41, 5.74) is 2.19. The van der Waals surface area contributed by atoms with Crippen LogP contribution in [0.25, 0.3) is 11.3 Å². The highest BCUT2D eigenvalue weighted by molar-refractivity contribution is 9.10. The Hall–Kier alpha value is -0.870. The Kier molecular flexibility index (Phi) is 3.96. The van der Waals surface area contributed by atoms with Crippen LogP contribution in [0.15, 0.2) is 34.1 Å². The molecule has 0 saturated carbocycles. The summed E-state index contributed by atoms with van der Waals surface area (Å²) in [5, 5.41) is 6.38. The van der Waals surface area contributed by atoms with Gasteiger partial charge in [-0.15, -0.1) is 11.3 Å². The van der Waals surface area contributed by atoms with Gasteiger partial charge in [0.1, 0.15) is 0 Å². The van der Waals surface area contributed by atoms with Crippen LogP contribution in [0.2, 0.25) is 0 Å². The second-order valence-electron chi connectivity index (χ2n) is 3.47. The molecule has 0 spiro atoms. The van der Waals surface area contributed by atoms with E-state index in [0.29, 0.717) is 0 Å². The van der Waals surface area contributed by atoms with Crippen LogP contribution in [-0.4, -0.2) is 11.5 Å². The Morgan fingerprint density at radius 1 is 1.31 bits per heavy atom. The molecule has 2 aromatic rings. The average molecular weight is 297 g/mol. The van der Waals surface area contributed by atoms with E-state index in [9.17, 15) is 0 Å². The van der Waals surface area contributed by atoms with Crippen molar-refractivity contribution in [1.29, 1.82) is 0 Å². The average Bonchev–Trinajstić information content (AvgIpc) is 2.76. The lowest BCUT2D eigenvalue weighted by atomic mass is 10.2. The Bertz CT molecular complexity index is 450. The van der Waals surface area contributed by atoms with Crippen molar-refractivity contribution < 1.29 is 0 Å². The number of thiazole rings is 1. The summed E-state index contributed by atoms with van der Waals surface area (Å²) < 4.78 is 1.09. The molecule has 1 aromatic carbocycles. The lowest BCUT2D eigenvalue weighted by Gasteiger charge is -1.98. The molecule has 0 saturated heterocycles. The highest BCUT2D eigenvalue weighted by Crippen LogP contribution is 2.25. The van der Waals surface area contributed by atoms with E-state index in [0.717, 1.165) is 33.8 Å². The maximum atomic E-state index is 4.54. The minimum atomic E-state index is 0.979. The Morgan fingerprint density at radius 2 is 2.06 bits per heavy atom. The maximum Gasteiger partial charge on any atom is 0.183 e. The molecule has 0 atom stereocenters. The van der Waals surface area contributed by atoms with Gasteiger partial charge in [-0.05, 0) is 18.6 Å². The first kappa shape index (κ1) is 11.6. The monoisotopic (exact) mass is 296 g/mol. The number of hydrogen-bond acceptors (Lipinski definition) is 3. The molecule has 0 aliphatic heterocycles. The summed E-state index contributed by atoms with van der Waals surface area (Å²) in [5.74, 6) is 0. The van der Waals surface area contributed by atoms with Crippen molar-refractivity contribution in [3.8, 4) is 11.3 Å². The fourth-order valence-corrected chi connectivity index (χ4v) is 2.35. The van der Waals surface area contributed by atoms with Gasteiger partial charge in [-0.3, -0.25) is 0 Å². The molecule has 0 amide bonds. The lowest BCUT2D eigenvalue weighted by Crippen LogP contribution is -1.98. The minimum absolute atomic E-state index is 0.979. The van der Waals surface area contributed by atoms with Crippen molar-refractivity contribution in [1.82, 2.24) is 4.98 Å². The standard InChI is InChI=1S/C12H13BrN2S/c1-2-7-14-12-15-11(8-16-12)9-3-5-10(13)6-4-9/h3-6,8H,2,7H2,1H3,(H,14,15). The molecule has 0 aliphatic rings. The molecule has 4 heteroatoms. The van der Waals surface area contributed by atoms with Crippen LogP contribution in [0.1, 0.15) is 13.3 Å². The molecule has 0 bridgehead atoms. The Balaban J connectivity index is 2.15. The first-order valence-corrected chi connectivity index (χ1v) is 6.92. The molecule has 0 radical (unpaired) electrons. The SMILES string of the molecule is CCCNc1nc(-c2ccc(Br)cc2)cs1. The fourth-order valence-electron chi connectivity index (χ4n) is 1.34. The van der Waals surface area contributed by atoms with Gasteiger partial charge in [0.15, 0.2) is 5.13 Å². The van der Waals surface area contributed by atoms with Crippen molar-refractivity contribution in [3.05, 3.63) is 34.1 Å². The van der Waals surface area contributed by atoms with Gasteiger partial charge in [0.2, 0.25) is 0 Å². The zero-order chi connectivity index (χ0) is 11.4. The lowest BCUT2D eigenvalue weighted by molar-refractivity contribution is 0.976. The van der Waals surface area contributed by atoms with Gasteiger partial charge in [0.05, 0.1) is 5.69 Å². The third kappa shape index (κ3) is 2.83. The Labute approximate surface area is 108 Å². The van der Waals surface area contributed by atoms with Crippen LogP contribution >= 0.6 is 27.3 Å². The molecule has 0 unspecified atom stereocenters. The van der Waals surface area contributed by atoms with Crippen LogP contribution in [-0.2, 0) is 0 Å². The molecule has 2 rings (SSSR count). The largest absolute Gasteiger partial charge is 0.362 e. The Morgan fingerprint density at radius 3 is 2.75 bits per heavy atom. The molecule has 0 fully saturated rings. The molecule has 0 aliphatic carbocycles. The van der Waals surface area contributed by atoms with Gasteiger partial charge in [0.25, 0.3) is 0 Å². The zero-order valence-electron chi connectivity index (χ0n) is 9.03. The normalized spacial score (nSPS) is 10.4. The maximum absolute atomic E-state index is 4.54. The van der Waals surface area contributed by atoms with Gasteiger partial charge < -0.3 is 5.32 Å². The number of anilines is 1. The molecule has 1 heterocycles. The van der Waals surface area contributed by atoms with Crippen molar-refractivity contribution in [2.45, 2.75) is 13.3 Å². The van der Waals surface area contributed by atoms with E-state index in [-0.39, 0.29) is 0 Å². The summed E-state index contributed by atoms with van der Waals surface area (Å²) in [6.07, 6.45) is 1.12. The van der Waals surface area contributed by atoms with E-state index in [2.05, 4.69) is 50.7 Å². The molecule has 84 valence electrons.